The van der Waals surface area contributed by atoms with Crippen molar-refractivity contribution < 1.29 is 18.7 Å². The molecule has 1 aromatic rings. The molecule has 0 spiro atoms. The monoisotopic (exact) mass is 364 g/mol. The van der Waals surface area contributed by atoms with Gasteiger partial charge in [0, 0.05) is 18.6 Å². The van der Waals surface area contributed by atoms with Gasteiger partial charge in [-0.15, -0.1) is 0 Å². The molecule has 1 unspecified atom stereocenters. The molecule has 0 aromatic heterocycles. The number of methoxy groups -OCH3 is 1. The van der Waals surface area contributed by atoms with Crippen molar-refractivity contribution in [3.8, 4) is 5.75 Å². The van der Waals surface area contributed by atoms with Gasteiger partial charge >= 0.3 is 0 Å². The lowest BCUT2D eigenvalue weighted by Gasteiger charge is -2.39. The van der Waals surface area contributed by atoms with Crippen molar-refractivity contribution in [1.82, 2.24) is 0 Å². The molecule has 0 saturated carbocycles. The Hall–Kier alpha value is -1.43. The quantitative estimate of drug-likeness (QED) is 0.260. The molecule has 140 valence electrons. The van der Waals surface area contributed by atoms with Gasteiger partial charge in [0.1, 0.15) is 12.0 Å². The molecule has 0 bridgehead atoms. The third-order valence-electron chi connectivity index (χ3n) is 4.76. The molecule has 1 atom stereocenters. The smallest absolute Gasteiger partial charge is 0.192 e. The molecule has 0 amide bonds. The van der Waals surface area contributed by atoms with Gasteiger partial charge in [0.15, 0.2) is 8.32 Å². The summed E-state index contributed by atoms with van der Waals surface area (Å²) < 4.78 is 17.2. The van der Waals surface area contributed by atoms with E-state index in [0.29, 0.717) is 25.2 Å². The van der Waals surface area contributed by atoms with Gasteiger partial charge in [-0.2, -0.15) is 0 Å². The van der Waals surface area contributed by atoms with Crippen molar-refractivity contribution in [2.45, 2.75) is 58.0 Å². The Morgan fingerprint density at radius 3 is 2.32 bits per heavy atom. The topological polar surface area (TPSA) is 44.8 Å². The van der Waals surface area contributed by atoms with Gasteiger partial charge in [0.25, 0.3) is 0 Å². The summed E-state index contributed by atoms with van der Waals surface area (Å²) in [5, 5.41) is 0.0817. The number of carbonyl (C=O) groups is 1. The van der Waals surface area contributed by atoms with Gasteiger partial charge in [-0.25, -0.2) is 0 Å². The largest absolute Gasteiger partial charge is 0.497 e. The molecule has 0 aliphatic rings. The number of carbonyl (C=O) groups excluding carboxylic acids is 1. The first-order valence-electron chi connectivity index (χ1n) is 8.63. The molecule has 25 heavy (non-hydrogen) atoms. The Labute approximate surface area is 153 Å². The zero-order chi connectivity index (χ0) is 19.1. The van der Waals surface area contributed by atoms with E-state index in [4.69, 9.17) is 13.9 Å². The van der Waals surface area contributed by atoms with Gasteiger partial charge in [-0.1, -0.05) is 39.5 Å². The minimum atomic E-state index is -1.97. The van der Waals surface area contributed by atoms with Gasteiger partial charge in [-0.3, -0.25) is 4.79 Å². The molecule has 1 aromatic carbocycles. The minimum absolute atomic E-state index is 0.0817. The summed E-state index contributed by atoms with van der Waals surface area (Å²) in [7, 11) is -0.324. The number of benzene rings is 1. The van der Waals surface area contributed by atoms with Crippen LogP contribution in [0, 0.1) is 0 Å². The van der Waals surface area contributed by atoms with E-state index in [1.807, 2.05) is 24.3 Å². The highest BCUT2D eigenvalue weighted by Crippen LogP contribution is 2.38. The lowest BCUT2D eigenvalue weighted by atomic mass is 10.1. The van der Waals surface area contributed by atoms with Gasteiger partial charge in [0.05, 0.1) is 19.8 Å². The van der Waals surface area contributed by atoms with E-state index in [1.165, 1.54) is 0 Å². The van der Waals surface area contributed by atoms with E-state index in [-0.39, 0.29) is 11.1 Å². The van der Waals surface area contributed by atoms with Crippen molar-refractivity contribution in [3.63, 3.8) is 0 Å². The second-order valence-corrected chi connectivity index (χ2v) is 12.5. The third-order valence-corrected chi connectivity index (χ3v) is 9.25. The lowest BCUT2D eigenvalue weighted by Crippen LogP contribution is -2.44. The molecule has 1 rings (SSSR count). The maximum Gasteiger partial charge on any atom is 0.192 e. The highest BCUT2D eigenvalue weighted by molar-refractivity contribution is 6.74. The van der Waals surface area contributed by atoms with Crippen molar-refractivity contribution in [3.05, 3.63) is 42.0 Å². The van der Waals surface area contributed by atoms with E-state index in [2.05, 4.69) is 40.4 Å². The normalized spacial score (nSPS) is 13.4. The van der Waals surface area contributed by atoms with E-state index >= 15 is 0 Å². The Bertz CT molecular complexity index is 558. The number of hydrogen-bond acceptors (Lipinski definition) is 4. The molecule has 0 N–H and O–H groups in total. The summed E-state index contributed by atoms with van der Waals surface area (Å²) in [6.07, 6.45) is 1.14. The molecule has 0 radical (unpaired) electrons. The molecule has 0 aliphatic carbocycles. The Morgan fingerprint density at radius 1 is 1.24 bits per heavy atom. The van der Waals surface area contributed by atoms with Crippen LogP contribution in [0.5, 0.6) is 5.75 Å². The summed E-state index contributed by atoms with van der Waals surface area (Å²) in [4.78, 5) is 11.2. The number of ether oxygens (including phenoxy) is 2. The molecule has 4 nitrogen and oxygen atoms in total. The predicted octanol–water partition coefficient (Wildman–Crippen LogP) is 4.75. The first-order valence-corrected chi connectivity index (χ1v) is 11.5. The molecular formula is C20H32O4Si. The van der Waals surface area contributed by atoms with Gasteiger partial charge in [0.2, 0.25) is 0 Å². The second kappa shape index (κ2) is 9.32. The van der Waals surface area contributed by atoms with E-state index < -0.39 is 8.32 Å². The number of rotatable bonds is 10. The zero-order valence-electron chi connectivity index (χ0n) is 16.4. The van der Waals surface area contributed by atoms with Crippen molar-refractivity contribution in [1.29, 1.82) is 0 Å². The SMILES string of the molecule is C=C(C=O)C(CCOCc1ccc(OC)cc1)O[Si](C)(C)C(C)(C)C. The van der Waals surface area contributed by atoms with Crippen LogP contribution in [0.4, 0.5) is 0 Å². The molecular weight excluding hydrogens is 332 g/mol. The average molecular weight is 365 g/mol. The highest BCUT2D eigenvalue weighted by atomic mass is 28.4. The fourth-order valence-electron chi connectivity index (χ4n) is 2.03. The molecule has 0 fully saturated rings. The second-order valence-electron chi connectivity index (χ2n) is 7.75. The maximum atomic E-state index is 11.2. The van der Waals surface area contributed by atoms with Gasteiger partial charge in [-0.05, 0) is 35.8 Å². The van der Waals surface area contributed by atoms with Crippen LogP contribution >= 0.6 is 0 Å². The van der Waals surface area contributed by atoms with Crippen LogP contribution in [0.2, 0.25) is 18.1 Å². The standard InChI is InChI=1S/C20H32O4Si/c1-16(14-21)19(24-25(6,7)20(2,3)4)12-13-23-15-17-8-10-18(22-5)11-9-17/h8-11,14,19H,1,12-13,15H2,2-7H3. The molecule has 0 saturated heterocycles. The van der Waals surface area contributed by atoms with E-state index in [1.54, 1.807) is 7.11 Å². The van der Waals surface area contributed by atoms with Gasteiger partial charge < -0.3 is 13.9 Å². The lowest BCUT2D eigenvalue weighted by molar-refractivity contribution is -0.105. The highest BCUT2D eigenvalue weighted by Gasteiger charge is 2.39. The van der Waals surface area contributed by atoms with E-state index in [0.717, 1.165) is 17.6 Å². The van der Waals surface area contributed by atoms with Crippen LogP contribution in [0.15, 0.2) is 36.4 Å². The summed E-state index contributed by atoms with van der Waals surface area (Å²) in [5.74, 6) is 0.828. The summed E-state index contributed by atoms with van der Waals surface area (Å²) in [6.45, 7) is 15.8. The van der Waals surface area contributed by atoms with Crippen LogP contribution in [0.25, 0.3) is 0 Å². The van der Waals surface area contributed by atoms with Crippen molar-refractivity contribution >= 4 is 14.6 Å². The van der Waals surface area contributed by atoms with Crippen molar-refractivity contribution in [2.75, 3.05) is 13.7 Å². The maximum absolute atomic E-state index is 11.2. The number of aldehydes is 1. The summed E-state index contributed by atoms with van der Waals surface area (Å²) in [6, 6.07) is 7.78. The molecule has 0 aliphatic heterocycles. The Kier molecular flexibility index (Phi) is 8.05. The summed E-state index contributed by atoms with van der Waals surface area (Å²) in [5.41, 5.74) is 1.56. The molecule has 5 heteroatoms. The number of hydrogen-bond donors (Lipinski definition) is 0. The fourth-order valence-corrected chi connectivity index (χ4v) is 3.36. The van der Waals surface area contributed by atoms with E-state index in [9.17, 15) is 4.79 Å². The first kappa shape index (κ1) is 21.6. The van der Waals surface area contributed by atoms with Crippen LogP contribution in [-0.4, -0.2) is 34.4 Å². The third kappa shape index (κ3) is 6.76. The van der Waals surface area contributed by atoms with Crippen LogP contribution < -0.4 is 4.74 Å². The summed E-state index contributed by atoms with van der Waals surface area (Å²) >= 11 is 0. The Morgan fingerprint density at radius 2 is 1.84 bits per heavy atom. The van der Waals surface area contributed by atoms with Crippen LogP contribution in [0.3, 0.4) is 0 Å². The Balaban J connectivity index is 2.56. The van der Waals surface area contributed by atoms with Crippen molar-refractivity contribution in [2.24, 2.45) is 0 Å². The van der Waals surface area contributed by atoms with Crippen LogP contribution in [0.1, 0.15) is 32.8 Å². The zero-order valence-corrected chi connectivity index (χ0v) is 17.4. The fraction of sp³-hybridized carbons (Fsp3) is 0.550. The minimum Gasteiger partial charge on any atom is -0.497 e. The molecule has 0 heterocycles. The average Bonchev–Trinajstić information content (AvgIpc) is 2.56. The predicted molar refractivity (Wildman–Crippen MR) is 105 cm³/mol. The first-order chi connectivity index (χ1) is 11.6. The van der Waals surface area contributed by atoms with Crippen LogP contribution in [-0.2, 0) is 20.6 Å².